The minimum Gasteiger partial charge on any atom is -0.497 e. The van der Waals surface area contributed by atoms with Crippen molar-refractivity contribution in [3.63, 3.8) is 0 Å². The SMILES string of the molecule is COc1ccc(C)c(NC(=O)c2ccccc2)c1.N#[NH+]. The molecular formula is C15H16N3O2+. The maximum absolute atomic E-state index is 12.0. The van der Waals surface area contributed by atoms with E-state index in [0.717, 1.165) is 17.0 Å². The van der Waals surface area contributed by atoms with Crippen molar-refractivity contribution >= 4 is 11.6 Å². The van der Waals surface area contributed by atoms with Crippen molar-refractivity contribution in [2.45, 2.75) is 6.92 Å². The number of anilines is 1. The van der Waals surface area contributed by atoms with Crippen LogP contribution in [0.4, 0.5) is 5.69 Å². The fourth-order valence-electron chi connectivity index (χ4n) is 1.65. The second-order valence-corrected chi connectivity index (χ2v) is 4.00. The van der Waals surface area contributed by atoms with Gasteiger partial charge in [0.15, 0.2) is 0 Å². The van der Waals surface area contributed by atoms with Gasteiger partial charge in [-0.1, -0.05) is 24.3 Å². The number of carbonyl (C=O) groups is 1. The van der Waals surface area contributed by atoms with Crippen LogP contribution in [0.1, 0.15) is 15.9 Å². The number of ether oxygens (including phenoxy) is 1. The predicted octanol–water partition coefficient (Wildman–Crippen LogP) is 1.54. The molecule has 5 nitrogen and oxygen atoms in total. The number of amides is 1. The molecule has 0 atom stereocenters. The van der Waals surface area contributed by atoms with E-state index in [0.29, 0.717) is 5.56 Å². The number of methoxy groups -OCH3 is 1. The molecule has 2 aromatic rings. The molecule has 102 valence electrons. The number of nitrogens with one attached hydrogen (secondary N) is 2. The van der Waals surface area contributed by atoms with Gasteiger partial charge in [-0.05, 0) is 30.7 Å². The lowest BCUT2D eigenvalue weighted by atomic mass is 10.1. The van der Waals surface area contributed by atoms with Crippen molar-refractivity contribution in [2.75, 3.05) is 12.4 Å². The Morgan fingerprint density at radius 3 is 2.40 bits per heavy atom. The third kappa shape index (κ3) is 3.82. The van der Waals surface area contributed by atoms with Gasteiger partial charge in [0, 0.05) is 17.3 Å². The van der Waals surface area contributed by atoms with E-state index in [1.54, 1.807) is 19.2 Å². The van der Waals surface area contributed by atoms with Crippen LogP contribution in [0.5, 0.6) is 5.75 Å². The summed E-state index contributed by atoms with van der Waals surface area (Å²) in [7, 11) is 1.60. The highest BCUT2D eigenvalue weighted by Crippen LogP contribution is 2.22. The quantitative estimate of drug-likeness (QED) is 0.829. The van der Waals surface area contributed by atoms with Gasteiger partial charge in [-0.3, -0.25) is 4.79 Å². The summed E-state index contributed by atoms with van der Waals surface area (Å²) in [6, 6.07) is 14.7. The minimum absolute atomic E-state index is 0.119. The van der Waals surface area contributed by atoms with Crippen LogP contribution in [-0.2, 0) is 0 Å². The van der Waals surface area contributed by atoms with E-state index in [2.05, 4.69) is 5.32 Å². The number of carbonyl (C=O) groups excluding carboxylic acids is 1. The van der Waals surface area contributed by atoms with E-state index in [4.69, 9.17) is 15.5 Å². The van der Waals surface area contributed by atoms with Crippen LogP contribution in [0.15, 0.2) is 48.5 Å². The number of aryl methyl sites for hydroxylation is 1. The molecule has 0 heterocycles. The Labute approximate surface area is 117 Å². The van der Waals surface area contributed by atoms with Gasteiger partial charge in [0.1, 0.15) is 5.75 Å². The minimum atomic E-state index is -0.119. The van der Waals surface area contributed by atoms with E-state index >= 15 is 0 Å². The van der Waals surface area contributed by atoms with Crippen LogP contribution in [0.3, 0.4) is 0 Å². The molecule has 0 unspecified atom stereocenters. The van der Waals surface area contributed by atoms with Crippen molar-refractivity contribution in [3.8, 4) is 5.75 Å². The van der Waals surface area contributed by atoms with E-state index in [9.17, 15) is 4.79 Å². The van der Waals surface area contributed by atoms with Gasteiger partial charge in [0.05, 0.1) is 12.5 Å². The molecule has 5 heteroatoms. The molecule has 0 aliphatic heterocycles. The zero-order valence-corrected chi connectivity index (χ0v) is 11.4. The number of hydrogen-bond donors (Lipinski definition) is 2. The molecule has 1 amide bonds. The van der Waals surface area contributed by atoms with Gasteiger partial charge < -0.3 is 10.1 Å². The van der Waals surface area contributed by atoms with Crippen LogP contribution in [0, 0.1) is 12.3 Å². The van der Waals surface area contributed by atoms with Crippen molar-refractivity contribution in [2.24, 2.45) is 0 Å². The topological polar surface area (TPSA) is 85.9 Å². The number of benzene rings is 2. The Balaban J connectivity index is 0.000000956. The molecular weight excluding hydrogens is 254 g/mol. The van der Waals surface area contributed by atoms with E-state index in [1.807, 2.05) is 43.3 Å². The molecule has 0 saturated carbocycles. The van der Waals surface area contributed by atoms with E-state index in [-0.39, 0.29) is 5.91 Å². The maximum atomic E-state index is 12.0. The summed E-state index contributed by atoms with van der Waals surface area (Å²) in [6.07, 6.45) is 0. The van der Waals surface area contributed by atoms with Gasteiger partial charge in [-0.25, -0.2) is 0 Å². The number of rotatable bonds is 3. The molecule has 0 bridgehead atoms. The van der Waals surface area contributed by atoms with Crippen LogP contribution in [0.2, 0.25) is 0 Å². The number of diazo groups is 1. The Morgan fingerprint density at radius 1 is 1.15 bits per heavy atom. The lowest BCUT2D eigenvalue weighted by molar-refractivity contribution is -0.175. The first-order chi connectivity index (χ1) is 9.70. The van der Waals surface area contributed by atoms with Gasteiger partial charge in [-0.2, -0.15) is 0 Å². The lowest BCUT2D eigenvalue weighted by Gasteiger charge is -2.10. The summed E-state index contributed by atoms with van der Waals surface area (Å²) in [5.74, 6) is 0.607. The molecule has 20 heavy (non-hydrogen) atoms. The first kappa shape index (κ1) is 15.2. The summed E-state index contributed by atoms with van der Waals surface area (Å²) >= 11 is 0. The molecule has 0 aromatic heterocycles. The molecule has 2 N–H and O–H groups in total. The van der Waals surface area contributed by atoms with Crippen LogP contribution >= 0.6 is 0 Å². The molecule has 0 aliphatic carbocycles. The standard InChI is InChI=1S/C15H15NO2.N2/c1-11-8-9-13(18-2)10-14(11)16-15(17)12-6-4-3-5-7-12;1-2/h3-10H,1-2H3,(H,16,17);/p+1. The maximum Gasteiger partial charge on any atom is 0.255 e. The summed E-state index contributed by atoms with van der Waals surface area (Å²) in [6.45, 7) is 1.94. The highest BCUT2D eigenvalue weighted by atomic mass is 16.5. The molecule has 2 aromatic carbocycles. The second-order valence-electron chi connectivity index (χ2n) is 4.00. The highest BCUT2D eigenvalue weighted by molar-refractivity contribution is 6.04. The average molecular weight is 270 g/mol. The zero-order valence-electron chi connectivity index (χ0n) is 11.4. The molecule has 0 aliphatic rings. The Morgan fingerprint density at radius 2 is 1.80 bits per heavy atom. The molecule has 2 rings (SSSR count). The number of nitrogens with zero attached hydrogens (tertiary/aromatic N) is 1. The van der Waals surface area contributed by atoms with Crippen molar-refractivity contribution in [1.82, 2.24) is 0 Å². The lowest BCUT2D eigenvalue weighted by Crippen LogP contribution is -2.12. The van der Waals surface area contributed by atoms with Gasteiger partial charge in [0.2, 0.25) is 5.39 Å². The predicted molar refractivity (Wildman–Crippen MR) is 74.8 cm³/mol. The van der Waals surface area contributed by atoms with Crippen molar-refractivity contribution in [3.05, 3.63) is 59.7 Å². The summed E-state index contributed by atoms with van der Waals surface area (Å²) in [5.41, 5.74) is 2.41. The fraction of sp³-hybridized carbons (Fsp3) is 0.133. The van der Waals surface area contributed by atoms with Gasteiger partial charge in [-0.15, -0.1) is 0 Å². The first-order valence-corrected chi connectivity index (χ1v) is 5.94. The molecule has 0 radical (unpaired) electrons. The second kappa shape index (κ2) is 7.54. The zero-order chi connectivity index (χ0) is 15.0. The third-order valence-corrected chi connectivity index (χ3v) is 2.73. The van der Waals surface area contributed by atoms with E-state index in [1.165, 1.54) is 0 Å². The Hall–Kier alpha value is -2.87. The summed E-state index contributed by atoms with van der Waals surface area (Å²) in [4.78, 5) is 12.0. The third-order valence-electron chi connectivity index (χ3n) is 2.73. The van der Waals surface area contributed by atoms with Crippen LogP contribution in [0.25, 0.3) is 0 Å². The molecule has 0 fully saturated rings. The highest BCUT2D eigenvalue weighted by Gasteiger charge is 2.07. The first-order valence-electron chi connectivity index (χ1n) is 5.94. The van der Waals surface area contributed by atoms with Gasteiger partial charge >= 0.3 is 0 Å². The Kier molecular flexibility index (Phi) is 5.73. The van der Waals surface area contributed by atoms with Gasteiger partial charge in [0.25, 0.3) is 5.91 Å². The number of hydrogen-bond acceptors (Lipinski definition) is 3. The van der Waals surface area contributed by atoms with Crippen LogP contribution < -0.4 is 15.4 Å². The average Bonchev–Trinajstić information content (AvgIpc) is 2.52. The normalized spacial score (nSPS) is 9.00. The smallest absolute Gasteiger partial charge is 0.255 e. The summed E-state index contributed by atoms with van der Waals surface area (Å²) in [5, 5.41) is 13.9. The monoisotopic (exact) mass is 270 g/mol. The Bertz CT molecular complexity index is 595. The fourth-order valence-corrected chi connectivity index (χ4v) is 1.65. The molecule has 0 spiro atoms. The van der Waals surface area contributed by atoms with Crippen LogP contribution in [-0.4, -0.2) is 13.0 Å². The van der Waals surface area contributed by atoms with Crippen molar-refractivity contribution < 1.29 is 14.9 Å². The summed E-state index contributed by atoms with van der Waals surface area (Å²) < 4.78 is 5.15. The largest absolute Gasteiger partial charge is 0.497 e. The molecule has 0 saturated heterocycles. The van der Waals surface area contributed by atoms with E-state index < -0.39 is 0 Å². The van der Waals surface area contributed by atoms with Crippen molar-refractivity contribution in [1.29, 1.82) is 5.39 Å².